The Kier molecular flexibility index (Phi) is 6.21. The predicted octanol–water partition coefficient (Wildman–Crippen LogP) is 4.88. The van der Waals surface area contributed by atoms with Gasteiger partial charge in [-0.25, -0.2) is 9.18 Å². The van der Waals surface area contributed by atoms with Crippen LogP contribution in [0, 0.1) is 5.82 Å². The number of carbonyl (C=O) groups excluding carboxylic acids is 1. The molecule has 3 rings (SSSR count). The van der Waals surface area contributed by atoms with Crippen LogP contribution in [0.5, 0.6) is 0 Å². The van der Waals surface area contributed by atoms with Crippen molar-refractivity contribution in [3.05, 3.63) is 95.8 Å². The molecule has 2 amide bonds. The second-order valence-corrected chi connectivity index (χ2v) is 6.49. The Labute approximate surface area is 159 Å². The van der Waals surface area contributed by atoms with E-state index in [0.717, 1.165) is 22.3 Å². The average Bonchev–Trinajstić information content (AvgIpc) is 2.70. The fourth-order valence-corrected chi connectivity index (χ4v) is 2.98. The lowest BCUT2D eigenvalue weighted by Gasteiger charge is -2.20. The Balaban J connectivity index is 1.58. The quantitative estimate of drug-likeness (QED) is 0.666. The monoisotopic (exact) mass is 362 g/mol. The molecule has 0 heterocycles. The summed E-state index contributed by atoms with van der Waals surface area (Å²) in [5, 5.41) is 2.92. The molecule has 0 bridgehead atoms. The van der Waals surface area contributed by atoms with E-state index in [0.29, 0.717) is 19.5 Å². The van der Waals surface area contributed by atoms with Crippen LogP contribution in [0.3, 0.4) is 0 Å². The first-order valence-corrected chi connectivity index (χ1v) is 9.00. The molecule has 0 aromatic heterocycles. The Bertz CT molecular complexity index is 878. The predicted molar refractivity (Wildman–Crippen MR) is 107 cm³/mol. The molecule has 3 aromatic rings. The highest BCUT2D eigenvalue weighted by molar-refractivity contribution is 5.74. The number of hydrogen-bond donors (Lipinski definition) is 1. The van der Waals surface area contributed by atoms with E-state index in [1.54, 1.807) is 24.1 Å². The van der Waals surface area contributed by atoms with Crippen molar-refractivity contribution in [3.8, 4) is 11.1 Å². The fraction of sp³-hybridized carbons (Fsp3) is 0.174. The lowest BCUT2D eigenvalue weighted by Crippen LogP contribution is -2.37. The third-order valence-corrected chi connectivity index (χ3v) is 4.46. The van der Waals surface area contributed by atoms with Crippen LogP contribution in [0.25, 0.3) is 11.1 Å². The van der Waals surface area contributed by atoms with Gasteiger partial charge in [0.1, 0.15) is 5.82 Å². The molecule has 27 heavy (non-hydrogen) atoms. The van der Waals surface area contributed by atoms with Gasteiger partial charge in [-0.05, 0) is 40.8 Å². The topological polar surface area (TPSA) is 32.3 Å². The van der Waals surface area contributed by atoms with Gasteiger partial charge < -0.3 is 10.2 Å². The molecule has 0 unspecified atom stereocenters. The van der Waals surface area contributed by atoms with Gasteiger partial charge in [0, 0.05) is 20.1 Å². The van der Waals surface area contributed by atoms with Crippen LogP contribution in [0.2, 0.25) is 0 Å². The molecule has 3 nitrogen and oxygen atoms in total. The fourth-order valence-electron chi connectivity index (χ4n) is 2.98. The molecule has 0 aliphatic heterocycles. The van der Waals surface area contributed by atoms with Crippen molar-refractivity contribution in [2.24, 2.45) is 0 Å². The number of benzene rings is 3. The Morgan fingerprint density at radius 3 is 2.33 bits per heavy atom. The SMILES string of the molecule is CN(Cc1ccccc1-c1ccccc1)C(=O)NCCc1ccc(F)cc1. The Morgan fingerprint density at radius 2 is 1.59 bits per heavy atom. The van der Waals surface area contributed by atoms with E-state index < -0.39 is 0 Å². The molecule has 138 valence electrons. The van der Waals surface area contributed by atoms with E-state index >= 15 is 0 Å². The Morgan fingerprint density at radius 1 is 0.926 bits per heavy atom. The summed E-state index contributed by atoms with van der Waals surface area (Å²) in [4.78, 5) is 14.1. The van der Waals surface area contributed by atoms with Gasteiger partial charge in [-0.3, -0.25) is 0 Å². The number of carbonyl (C=O) groups is 1. The third-order valence-electron chi connectivity index (χ3n) is 4.46. The maximum atomic E-state index is 12.9. The largest absolute Gasteiger partial charge is 0.338 e. The highest BCUT2D eigenvalue weighted by Gasteiger charge is 2.11. The molecule has 4 heteroatoms. The van der Waals surface area contributed by atoms with E-state index in [4.69, 9.17) is 0 Å². The summed E-state index contributed by atoms with van der Waals surface area (Å²) < 4.78 is 12.9. The van der Waals surface area contributed by atoms with Gasteiger partial charge in [0.15, 0.2) is 0 Å². The normalized spacial score (nSPS) is 10.4. The number of rotatable bonds is 6. The zero-order valence-electron chi connectivity index (χ0n) is 15.4. The number of urea groups is 1. The molecule has 1 N–H and O–H groups in total. The summed E-state index contributed by atoms with van der Waals surface area (Å²) in [5.41, 5.74) is 4.36. The molecule has 0 atom stereocenters. The van der Waals surface area contributed by atoms with E-state index in [1.165, 1.54) is 12.1 Å². The maximum absolute atomic E-state index is 12.9. The van der Waals surface area contributed by atoms with Crippen LogP contribution in [0.1, 0.15) is 11.1 Å². The van der Waals surface area contributed by atoms with Gasteiger partial charge in [0.05, 0.1) is 0 Å². The van der Waals surface area contributed by atoms with Gasteiger partial charge >= 0.3 is 6.03 Å². The number of amides is 2. The number of nitrogens with one attached hydrogen (secondary N) is 1. The van der Waals surface area contributed by atoms with Crippen molar-refractivity contribution in [2.45, 2.75) is 13.0 Å². The van der Waals surface area contributed by atoms with Crippen LogP contribution in [0.4, 0.5) is 9.18 Å². The first kappa shape index (κ1) is 18.6. The highest BCUT2D eigenvalue weighted by atomic mass is 19.1. The van der Waals surface area contributed by atoms with Gasteiger partial charge in [-0.2, -0.15) is 0 Å². The minimum absolute atomic E-state index is 0.125. The summed E-state index contributed by atoms with van der Waals surface area (Å²) in [6.07, 6.45) is 0.667. The van der Waals surface area contributed by atoms with Crippen molar-refractivity contribution in [3.63, 3.8) is 0 Å². The minimum Gasteiger partial charge on any atom is -0.338 e. The van der Waals surface area contributed by atoms with Gasteiger partial charge in [-0.1, -0.05) is 66.7 Å². The average molecular weight is 362 g/mol. The standard InChI is InChI=1S/C23H23FN2O/c1-26(23(27)25-16-15-18-11-13-21(24)14-12-18)17-20-9-5-6-10-22(20)19-7-3-2-4-8-19/h2-14H,15-17H2,1H3,(H,25,27). The lowest BCUT2D eigenvalue weighted by atomic mass is 9.99. The molecule has 0 spiro atoms. The van der Waals surface area contributed by atoms with Crippen LogP contribution in [-0.4, -0.2) is 24.5 Å². The van der Waals surface area contributed by atoms with E-state index in [9.17, 15) is 9.18 Å². The summed E-state index contributed by atoms with van der Waals surface area (Å²) in [5.74, 6) is -0.250. The van der Waals surface area contributed by atoms with Crippen molar-refractivity contribution >= 4 is 6.03 Å². The Hall–Kier alpha value is -3.14. The molecule has 3 aromatic carbocycles. The number of halogens is 1. The molecular formula is C23H23FN2O. The molecule has 0 fully saturated rings. The van der Waals surface area contributed by atoms with Crippen LogP contribution < -0.4 is 5.32 Å². The molecule has 0 aliphatic rings. The highest BCUT2D eigenvalue weighted by Crippen LogP contribution is 2.24. The van der Waals surface area contributed by atoms with Crippen LogP contribution in [0.15, 0.2) is 78.9 Å². The van der Waals surface area contributed by atoms with Crippen molar-refractivity contribution < 1.29 is 9.18 Å². The number of nitrogens with zero attached hydrogens (tertiary/aromatic N) is 1. The summed E-state index contributed by atoms with van der Waals surface area (Å²) in [6, 6.07) is 24.5. The number of hydrogen-bond acceptors (Lipinski definition) is 1. The lowest BCUT2D eigenvalue weighted by molar-refractivity contribution is 0.207. The summed E-state index contributed by atoms with van der Waals surface area (Å²) in [6.45, 7) is 1.03. The maximum Gasteiger partial charge on any atom is 0.317 e. The van der Waals surface area contributed by atoms with E-state index in [1.807, 2.05) is 36.4 Å². The molecule has 0 saturated heterocycles. The third kappa shape index (κ3) is 5.17. The van der Waals surface area contributed by atoms with Crippen LogP contribution >= 0.6 is 0 Å². The summed E-state index contributed by atoms with van der Waals surface area (Å²) in [7, 11) is 1.79. The zero-order chi connectivity index (χ0) is 19.1. The minimum atomic E-state index is -0.250. The van der Waals surface area contributed by atoms with E-state index in [-0.39, 0.29) is 11.8 Å². The van der Waals surface area contributed by atoms with Crippen molar-refractivity contribution in [1.29, 1.82) is 0 Å². The second kappa shape index (κ2) is 8.99. The molecule has 0 saturated carbocycles. The van der Waals surface area contributed by atoms with Crippen molar-refractivity contribution in [2.75, 3.05) is 13.6 Å². The van der Waals surface area contributed by atoms with Gasteiger partial charge in [0.25, 0.3) is 0 Å². The summed E-state index contributed by atoms with van der Waals surface area (Å²) >= 11 is 0. The van der Waals surface area contributed by atoms with Crippen LogP contribution in [-0.2, 0) is 13.0 Å². The molecule has 0 radical (unpaired) electrons. The first-order chi connectivity index (χ1) is 13.1. The second-order valence-electron chi connectivity index (χ2n) is 6.49. The smallest absolute Gasteiger partial charge is 0.317 e. The van der Waals surface area contributed by atoms with Crippen molar-refractivity contribution in [1.82, 2.24) is 10.2 Å². The molecule has 0 aliphatic carbocycles. The van der Waals surface area contributed by atoms with Gasteiger partial charge in [-0.15, -0.1) is 0 Å². The zero-order valence-corrected chi connectivity index (χ0v) is 15.4. The first-order valence-electron chi connectivity index (χ1n) is 9.00. The van der Waals surface area contributed by atoms with Gasteiger partial charge in [0.2, 0.25) is 0 Å². The molecular weight excluding hydrogens is 339 g/mol. The van der Waals surface area contributed by atoms with E-state index in [2.05, 4.69) is 23.5 Å².